The fraction of sp³-hybridized carbons (Fsp3) is 0.900. The minimum Gasteiger partial charge on any atom is -0.394 e. The highest BCUT2D eigenvalue weighted by atomic mass is 16.5. The van der Waals surface area contributed by atoms with Gasteiger partial charge in [-0.3, -0.25) is 4.79 Å². The van der Waals surface area contributed by atoms with Gasteiger partial charge in [0, 0.05) is 13.1 Å². The Bertz CT molecular complexity index is 210. The molecule has 0 aromatic rings. The number of carbonyl (C=O) groups is 1. The van der Waals surface area contributed by atoms with E-state index in [1.165, 1.54) is 5.06 Å². The fourth-order valence-electron chi connectivity index (χ4n) is 0.826. The van der Waals surface area contributed by atoms with Gasteiger partial charge in [0.2, 0.25) is 0 Å². The van der Waals surface area contributed by atoms with Crippen molar-refractivity contribution < 1.29 is 35.5 Å². The Kier molecular flexibility index (Phi) is 12.6. The molecule has 0 aliphatic rings. The van der Waals surface area contributed by atoms with E-state index in [1.807, 2.05) is 13.8 Å². The van der Waals surface area contributed by atoms with Crippen molar-refractivity contribution in [1.82, 2.24) is 5.06 Å². The van der Waals surface area contributed by atoms with E-state index in [0.29, 0.717) is 0 Å². The normalized spacial score (nSPS) is 15.6. The van der Waals surface area contributed by atoms with E-state index in [2.05, 4.69) is 0 Å². The molecule has 18 heavy (non-hydrogen) atoms. The third-order valence-corrected chi connectivity index (χ3v) is 2.12. The number of ketones is 1. The van der Waals surface area contributed by atoms with Gasteiger partial charge in [-0.1, -0.05) is 13.8 Å². The van der Waals surface area contributed by atoms with Crippen molar-refractivity contribution in [2.24, 2.45) is 0 Å². The topological polar surface area (TPSA) is 142 Å². The van der Waals surface area contributed by atoms with Crippen molar-refractivity contribution in [3.63, 3.8) is 0 Å². The molecule has 8 nitrogen and oxygen atoms in total. The third kappa shape index (κ3) is 8.48. The van der Waals surface area contributed by atoms with Crippen molar-refractivity contribution in [3.05, 3.63) is 0 Å². The first kappa shape index (κ1) is 19.7. The van der Waals surface area contributed by atoms with Crippen LogP contribution in [0.5, 0.6) is 0 Å². The molecule has 0 saturated carbocycles. The van der Waals surface area contributed by atoms with Gasteiger partial charge >= 0.3 is 0 Å². The molecule has 0 fully saturated rings. The van der Waals surface area contributed by atoms with Crippen LogP contribution < -0.4 is 0 Å². The number of aliphatic hydroxyl groups excluding tert-OH is 5. The lowest BCUT2D eigenvalue weighted by atomic mass is 10.1. The summed E-state index contributed by atoms with van der Waals surface area (Å²) in [5.74, 6) is -1.00. The predicted molar refractivity (Wildman–Crippen MR) is 61.9 cm³/mol. The maximum absolute atomic E-state index is 10.5. The second kappa shape index (κ2) is 11.5. The average molecular weight is 269 g/mol. The molecular formula is C10H23NO7. The van der Waals surface area contributed by atoms with Crippen LogP contribution in [-0.4, -0.2) is 86.2 Å². The highest BCUT2D eigenvalue weighted by Crippen LogP contribution is 2.00. The lowest BCUT2D eigenvalue weighted by Gasteiger charge is -2.19. The highest BCUT2D eigenvalue weighted by molar-refractivity contribution is 5.84. The van der Waals surface area contributed by atoms with E-state index in [0.717, 1.165) is 13.1 Å². The molecular weight excluding hydrogens is 246 g/mol. The van der Waals surface area contributed by atoms with Gasteiger partial charge in [-0.25, -0.2) is 0 Å². The zero-order chi connectivity index (χ0) is 14.7. The molecule has 0 rings (SSSR count). The van der Waals surface area contributed by atoms with Crippen LogP contribution in [0.25, 0.3) is 0 Å². The quantitative estimate of drug-likeness (QED) is 0.275. The molecule has 0 amide bonds. The standard InChI is InChI=1S/C6H12O6.C4H11NO/c7-1-3(9)5(11)6(12)4(10)2-8;1-3-5(6)4-2/h3,5-9,11-12H,1-2H2;6H,3-4H2,1-2H3/t3-,5-,6-;/m1./s1. The molecule has 0 aliphatic carbocycles. The average Bonchev–Trinajstić information content (AvgIpc) is 2.43. The fourth-order valence-corrected chi connectivity index (χ4v) is 0.826. The molecule has 0 radical (unpaired) electrons. The number of aliphatic hydroxyl groups is 5. The molecule has 0 aromatic heterocycles. The second-order valence-corrected chi connectivity index (χ2v) is 3.45. The number of hydrogen-bond donors (Lipinski definition) is 6. The van der Waals surface area contributed by atoms with E-state index in [4.69, 9.17) is 30.7 Å². The van der Waals surface area contributed by atoms with Crippen LogP contribution in [0.4, 0.5) is 0 Å². The van der Waals surface area contributed by atoms with Gasteiger partial charge in [-0.15, -0.1) is 0 Å². The van der Waals surface area contributed by atoms with Gasteiger partial charge in [0.05, 0.1) is 6.61 Å². The molecule has 110 valence electrons. The van der Waals surface area contributed by atoms with E-state index >= 15 is 0 Å². The Morgan fingerprint density at radius 2 is 1.56 bits per heavy atom. The molecule has 6 N–H and O–H groups in total. The van der Waals surface area contributed by atoms with Gasteiger partial charge < -0.3 is 30.7 Å². The summed E-state index contributed by atoms with van der Waals surface area (Å²) in [6, 6.07) is 0. The van der Waals surface area contributed by atoms with Crippen molar-refractivity contribution >= 4 is 5.78 Å². The number of hydrogen-bond acceptors (Lipinski definition) is 8. The van der Waals surface area contributed by atoms with Crippen LogP contribution in [-0.2, 0) is 4.79 Å². The first-order chi connectivity index (χ1) is 8.35. The Morgan fingerprint density at radius 3 is 1.78 bits per heavy atom. The largest absolute Gasteiger partial charge is 0.394 e. The third-order valence-electron chi connectivity index (χ3n) is 2.12. The molecule has 0 saturated heterocycles. The van der Waals surface area contributed by atoms with Gasteiger partial charge in [0.1, 0.15) is 24.9 Å². The number of Topliss-reactive ketones (excluding diaryl/α,β-unsaturated/α-hetero) is 1. The molecule has 0 bridgehead atoms. The number of nitrogens with zero attached hydrogens (tertiary/aromatic N) is 1. The first-order valence-electron chi connectivity index (χ1n) is 5.57. The van der Waals surface area contributed by atoms with Crippen molar-refractivity contribution in [3.8, 4) is 0 Å². The second-order valence-electron chi connectivity index (χ2n) is 3.45. The summed E-state index contributed by atoms with van der Waals surface area (Å²) in [4.78, 5) is 10.5. The van der Waals surface area contributed by atoms with Crippen LogP contribution in [0.15, 0.2) is 0 Å². The van der Waals surface area contributed by atoms with Gasteiger partial charge in [-0.05, 0) is 0 Å². The number of rotatable bonds is 7. The monoisotopic (exact) mass is 269 g/mol. The molecule has 8 heteroatoms. The lowest BCUT2D eigenvalue weighted by Crippen LogP contribution is -2.44. The summed E-state index contributed by atoms with van der Waals surface area (Å²) in [6.07, 6.45) is -5.22. The lowest BCUT2D eigenvalue weighted by molar-refractivity contribution is -0.142. The summed E-state index contributed by atoms with van der Waals surface area (Å²) >= 11 is 0. The van der Waals surface area contributed by atoms with E-state index in [1.54, 1.807) is 0 Å². The summed E-state index contributed by atoms with van der Waals surface area (Å²) in [7, 11) is 0. The molecule has 0 spiro atoms. The zero-order valence-corrected chi connectivity index (χ0v) is 10.6. The zero-order valence-electron chi connectivity index (χ0n) is 10.6. The van der Waals surface area contributed by atoms with Gasteiger partial charge in [-0.2, -0.15) is 5.06 Å². The smallest absolute Gasteiger partial charge is 0.189 e. The Hall–Kier alpha value is -0.610. The Labute approximate surface area is 106 Å². The predicted octanol–water partition coefficient (Wildman–Crippen LogP) is -2.66. The van der Waals surface area contributed by atoms with Crippen LogP contribution in [0.2, 0.25) is 0 Å². The number of hydroxylamine groups is 2. The molecule has 0 aromatic carbocycles. The number of carbonyl (C=O) groups excluding carboxylic acids is 1. The first-order valence-corrected chi connectivity index (χ1v) is 5.57. The van der Waals surface area contributed by atoms with E-state index in [9.17, 15) is 4.79 Å². The Morgan fingerprint density at radius 1 is 1.11 bits per heavy atom. The highest BCUT2D eigenvalue weighted by Gasteiger charge is 2.28. The van der Waals surface area contributed by atoms with Crippen molar-refractivity contribution in [1.29, 1.82) is 0 Å². The van der Waals surface area contributed by atoms with Crippen LogP contribution >= 0.6 is 0 Å². The van der Waals surface area contributed by atoms with Gasteiger partial charge in [0.15, 0.2) is 5.78 Å². The molecule has 0 aliphatic heterocycles. The van der Waals surface area contributed by atoms with Crippen molar-refractivity contribution in [2.75, 3.05) is 26.3 Å². The summed E-state index contributed by atoms with van der Waals surface area (Å²) in [6.45, 7) is 3.56. The van der Waals surface area contributed by atoms with Crippen LogP contribution in [0, 0.1) is 0 Å². The minimum atomic E-state index is -1.86. The summed E-state index contributed by atoms with van der Waals surface area (Å²) < 4.78 is 0. The minimum absolute atomic E-state index is 0.719. The van der Waals surface area contributed by atoms with E-state index in [-0.39, 0.29) is 0 Å². The van der Waals surface area contributed by atoms with Crippen LogP contribution in [0.3, 0.4) is 0 Å². The van der Waals surface area contributed by atoms with E-state index < -0.39 is 37.3 Å². The maximum Gasteiger partial charge on any atom is 0.189 e. The SMILES string of the molecule is CCN(O)CC.O=C(CO)[C@@H](O)[C@H](O)[C@H](O)CO. The van der Waals surface area contributed by atoms with Crippen molar-refractivity contribution in [2.45, 2.75) is 32.2 Å². The Balaban J connectivity index is 0. The van der Waals surface area contributed by atoms with Crippen LogP contribution in [0.1, 0.15) is 13.8 Å². The molecule has 0 unspecified atom stereocenters. The summed E-state index contributed by atoms with van der Waals surface area (Å²) in [5, 5.41) is 52.8. The maximum atomic E-state index is 10.5. The van der Waals surface area contributed by atoms with Gasteiger partial charge in [0.25, 0.3) is 0 Å². The molecule has 0 heterocycles. The molecule has 3 atom stereocenters. The summed E-state index contributed by atoms with van der Waals surface area (Å²) in [5.41, 5.74) is 0.